The Morgan fingerprint density at radius 1 is 1.44 bits per heavy atom. The maximum absolute atomic E-state index is 11.4. The van der Waals surface area contributed by atoms with Crippen molar-refractivity contribution in [2.75, 3.05) is 0 Å². The average Bonchev–Trinajstić information content (AvgIpc) is 2.75. The molecule has 2 heterocycles. The van der Waals surface area contributed by atoms with Crippen LogP contribution in [0.15, 0.2) is 33.9 Å². The van der Waals surface area contributed by atoms with Crippen LogP contribution in [0.25, 0.3) is 0 Å². The number of aromatic nitrogens is 3. The van der Waals surface area contributed by atoms with E-state index in [1.807, 2.05) is 6.07 Å². The minimum Gasteiger partial charge on any atom is -0.618 e. The third-order valence-corrected chi connectivity index (χ3v) is 3.25. The van der Waals surface area contributed by atoms with Crippen LogP contribution < -0.4 is 4.73 Å². The van der Waals surface area contributed by atoms with Gasteiger partial charge in [0.15, 0.2) is 12.0 Å². The van der Waals surface area contributed by atoms with Gasteiger partial charge in [-0.15, -0.1) is 0 Å². The first-order valence-corrected chi connectivity index (χ1v) is 6.76. The van der Waals surface area contributed by atoms with Gasteiger partial charge in [-0.05, 0) is 23.7 Å². The third kappa shape index (κ3) is 3.46. The Bertz CT molecular complexity index is 514. The minimum atomic E-state index is 0.490. The monoisotopic (exact) mass is 265 g/mol. The van der Waals surface area contributed by atoms with E-state index in [-0.39, 0.29) is 0 Å². The van der Waals surface area contributed by atoms with Gasteiger partial charge in [0.05, 0.1) is 5.75 Å². The molecule has 0 unspecified atom stereocenters. The predicted octanol–water partition coefficient (Wildman–Crippen LogP) is 2.19. The van der Waals surface area contributed by atoms with Gasteiger partial charge >= 0.3 is 0 Å². The van der Waals surface area contributed by atoms with Crippen LogP contribution in [0.4, 0.5) is 0 Å². The van der Waals surface area contributed by atoms with E-state index in [0.717, 1.165) is 11.2 Å². The number of hydrogen-bond donors (Lipinski definition) is 0. The maximum Gasteiger partial charge on any atom is 0.251 e. The maximum atomic E-state index is 11.4. The molecule has 0 atom stereocenters. The van der Waals surface area contributed by atoms with Crippen LogP contribution in [0.5, 0.6) is 0 Å². The highest BCUT2D eigenvalue weighted by Gasteiger charge is 2.11. The molecule has 0 aromatic carbocycles. The van der Waals surface area contributed by atoms with Crippen molar-refractivity contribution in [1.29, 1.82) is 0 Å². The summed E-state index contributed by atoms with van der Waals surface area (Å²) >= 11 is 1.40. The van der Waals surface area contributed by atoms with Crippen LogP contribution in [-0.2, 0) is 12.2 Å². The standard InChI is InChI=1S/C12H15N3O2S/c1-9(2)7-11-13-10(14-17-11)8-18-12-5-3-4-6-15(12)16/h3-6,9H,7-8H2,1-2H3. The summed E-state index contributed by atoms with van der Waals surface area (Å²) in [7, 11) is 0. The molecule has 0 N–H and O–H groups in total. The zero-order valence-electron chi connectivity index (χ0n) is 10.4. The second-order valence-corrected chi connectivity index (χ2v) is 5.35. The topological polar surface area (TPSA) is 65.9 Å². The summed E-state index contributed by atoms with van der Waals surface area (Å²) in [5.74, 6) is 2.31. The Hall–Kier alpha value is -1.56. The van der Waals surface area contributed by atoms with E-state index in [9.17, 15) is 5.21 Å². The molecule has 0 aliphatic carbocycles. The molecule has 0 radical (unpaired) electrons. The lowest BCUT2D eigenvalue weighted by Crippen LogP contribution is -2.27. The zero-order valence-corrected chi connectivity index (χ0v) is 11.2. The van der Waals surface area contributed by atoms with Gasteiger partial charge in [0, 0.05) is 18.6 Å². The fraction of sp³-hybridized carbons (Fsp3) is 0.417. The Morgan fingerprint density at radius 3 is 3.00 bits per heavy atom. The lowest BCUT2D eigenvalue weighted by atomic mass is 10.1. The first-order chi connectivity index (χ1) is 8.65. The molecule has 6 heteroatoms. The highest BCUT2D eigenvalue weighted by atomic mass is 32.2. The van der Waals surface area contributed by atoms with Crippen molar-refractivity contribution in [3.05, 3.63) is 41.3 Å². The molecule has 2 aromatic heterocycles. The van der Waals surface area contributed by atoms with Gasteiger partial charge in [-0.2, -0.15) is 9.71 Å². The molecule has 96 valence electrons. The van der Waals surface area contributed by atoms with Crippen molar-refractivity contribution >= 4 is 11.8 Å². The number of rotatable bonds is 5. The van der Waals surface area contributed by atoms with Crippen molar-refractivity contribution in [3.63, 3.8) is 0 Å². The molecule has 0 aliphatic rings. The Balaban J connectivity index is 1.94. The van der Waals surface area contributed by atoms with Crippen LogP contribution >= 0.6 is 11.8 Å². The van der Waals surface area contributed by atoms with Crippen molar-refractivity contribution in [1.82, 2.24) is 10.1 Å². The number of pyridine rings is 1. The zero-order chi connectivity index (χ0) is 13.0. The van der Waals surface area contributed by atoms with Crippen molar-refractivity contribution < 1.29 is 9.25 Å². The smallest absolute Gasteiger partial charge is 0.251 e. The van der Waals surface area contributed by atoms with E-state index < -0.39 is 0 Å². The molecule has 0 amide bonds. The first kappa shape index (κ1) is 12.9. The summed E-state index contributed by atoms with van der Waals surface area (Å²) in [6.45, 7) is 4.20. The second kappa shape index (κ2) is 5.86. The van der Waals surface area contributed by atoms with Crippen LogP contribution in [-0.4, -0.2) is 10.1 Å². The van der Waals surface area contributed by atoms with Crippen molar-refractivity contribution in [2.45, 2.75) is 31.0 Å². The number of hydrogen-bond acceptors (Lipinski definition) is 5. The fourth-order valence-electron chi connectivity index (χ4n) is 1.44. The van der Waals surface area contributed by atoms with Gasteiger partial charge in [0.1, 0.15) is 0 Å². The normalized spacial score (nSPS) is 11.1. The molecule has 2 aromatic rings. The molecule has 0 saturated heterocycles. The van der Waals surface area contributed by atoms with Gasteiger partial charge < -0.3 is 9.73 Å². The molecule has 0 saturated carbocycles. The molecule has 0 fully saturated rings. The summed E-state index contributed by atoms with van der Waals surface area (Å²) in [4.78, 5) is 4.29. The Kier molecular flexibility index (Phi) is 4.19. The summed E-state index contributed by atoms with van der Waals surface area (Å²) in [6, 6.07) is 5.30. The van der Waals surface area contributed by atoms with Crippen LogP contribution in [0.1, 0.15) is 25.6 Å². The lowest BCUT2D eigenvalue weighted by molar-refractivity contribution is -0.645. The molecule has 0 aliphatic heterocycles. The second-order valence-electron chi connectivity index (χ2n) is 4.36. The minimum absolute atomic E-state index is 0.490. The average molecular weight is 265 g/mol. The number of nitrogens with zero attached hydrogens (tertiary/aromatic N) is 3. The molecular formula is C12H15N3O2S. The molecule has 2 rings (SSSR count). The van der Waals surface area contributed by atoms with Crippen molar-refractivity contribution in [2.24, 2.45) is 5.92 Å². The van der Waals surface area contributed by atoms with Crippen LogP contribution in [0.3, 0.4) is 0 Å². The van der Waals surface area contributed by atoms with E-state index in [1.54, 1.807) is 12.1 Å². The molecule has 5 nitrogen and oxygen atoms in total. The number of thioether (sulfide) groups is 1. The SMILES string of the molecule is CC(C)Cc1nc(CSc2cccc[n+]2[O-])no1. The van der Waals surface area contributed by atoms with E-state index in [0.29, 0.717) is 28.4 Å². The lowest BCUT2D eigenvalue weighted by Gasteiger charge is -2.00. The van der Waals surface area contributed by atoms with Gasteiger partial charge in [0.2, 0.25) is 5.89 Å². The Labute approximate surface area is 110 Å². The van der Waals surface area contributed by atoms with Gasteiger partial charge in [-0.1, -0.05) is 19.0 Å². The first-order valence-electron chi connectivity index (χ1n) is 5.77. The summed E-state index contributed by atoms with van der Waals surface area (Å²) < 4.78 is 5.97. The molecule has 0 bridgehead atoms. The van der Waals surface area contributed by atoms with E-state index in [1.165, 1.54) is 18.0 Å². The quantitative estimate of drug-likeness (QED) is 0.471. The largest absolute Gasteiger partial charge is 0.618 e. The van der Waals surface area contributed by atoms with Crippen LogP contribution in [0.2, 0.25) is 0 Å². The molecule has 18 heavy (non-hydrogen) atoms. The summed E-state index contributed by atoms with van der Waals surface area (Å²) in [5, 5.41) is 16.0. The third-order valence-electron chi connectivity index (χ3n) is 2.23. The van der Waals surface area contributed by atoms with Crippen LogP contribution in [0, 0.1) is 11.1 Å². The van der Waals surface area contributed by atoms with Gasteiger partial charge in [-0.3, -0.25) is 0 Å². The summed E-state index contributed by atoms with van der Waals surface area (Å²) in [6.07, 6.45) is 2.26. The van der Waals surface area contributed by atoms with E-state index in [2.05, 4.69) is 24.0 Å². The van der Waals surface area contributed by atoms with E-state index >= 15 is 0 Å². The van der Waals surface area contributed by atoms with E-state index in [4.69, 9.17) is 4.52 Å². The molecule has 0 spiro atoms. The summed E-state index contributed by atoms with van der Waals surface area (Å²) in [5.41, 5.74) is 0. The Morgan fingerprint density at radius 2 is 2.28 bits per heavy atom. The van der Waals surface area contributed by atoms with Gasteiger partial charge in [-0.25, -0.2) is 0 Å². The van der Waals surface area contributed by atoms with Gasteiger partial charge in [0.25, 0.3) is 5.03 Å². The molecular weight excluding hydrogens is 250 g/mol. The van der Waals surface area contributed by atoms with Crippen molar-refractivity contribution in [3.8, 4) is 0 Å². The highest BCUT2D eigenvalue weighted by molar-refractivity contribution is 7.98. The fourth-order valence-corrected chi connectivity index (χ4v) is 2.20. The predicted molar refractivity (Wildman–Crippen MR) is 67.8 cm³/mol. The highest BCUT2D eigenvalue weighted by Crippen LogP contribution is 2.17.